The minimum Gasteiger partial charge on any atom is -0.326 e. The summed E-state index contributed by atoms with van der Waals surface area (Å²) in [6.07, 6.45) is 0.383. The van der Waals surface area contributed by atoms with E-state index in [2.05, 4.69) is 5.32 Å². The van der Waals surface area contributed by atoms with Crippen LogP contribution in [0.2, 0.25) is 0 Å². The van der Waals surface area contributed by atoms with E-state index in [0.717, 1.165) is 27.9 Å². The zero-order chi connectivity index (χ0) is 14.5. The highest BCUT2D eigenvalue weighted by atomic mass is 16.1. The van der Waals surface area contributed by atoms with Crippen molar-refractivity contribution in [1.29, 1.82) is 0 Å². The predicted molar refractivity (Wildman–Crippen MR) is 82.6 cm³/mol. The summed E-state index contributed by atoms with van der Waals surface area (Å²) >= 11 is 0. The molecule has 0 radical (unpaired) electrons. The topological polar surface area (TPSA) is 55.1 Å². The summed E-state index contributed by atoms with van der Waals surface area (Å²) < 4.78 is 0. The smallest absolute Gasteiger partial charge is 0.228 e. The van der Waals surface area contributed by atoms with Gasteiger partial charge >= 0.3 is 0 Å². The van der Waals surface area contributed by atoms with Gasteiger partial charge in [0.25, 0.3) is 0 Å². The maximum atomic E-state index is 12.1. The highest BCUT2D eigenvalue weighted by molar-refractivity contribution is 5.93. The van der Waals surface area contributed by atoms with Crippen LogP contribution in [0.25, 0.3) is 0 Å². The summed E-state index contributed by atoms with van der Waals surface area (Å²) in [6.45, 7) is 4.47. The molecule has 2 aromatic rings. The van der Waals surface area contributed by atoms with Crippen LogP contribution in [-0.4, -0.2) is 5.91 Å². The number of aryl methyl sites for hydroxylation is 2. The zero-order valence-electron chi connectivity index (χ0n) is 11.9. The molecule has 0 aliphatic rings. The van der Waals surface area contributed by atoms with Gasteiger partial charge in [-0.1, -0.05) is 42.0 Å². The van der Waals surface area contributed by atoms with Crippen LogP contribution in [0.5, 0.6) is 0 Å². The number of rotatable bonds is 4. The Bertz CT molecular complexity index is 620. The summed E-state index contributed by atoms with van der Waals surface area (Å²) in [5.74, 6) is -0.00660. The first-order valence-corrected chi connectivity index (χ1v) is 6.73. The fourth-order valence-electron chi connectivity index (χ4n) is 2.13. The Morgan fingerprint density at radius 1 is 1.10 bits per heavy atom. The van der Waals surface area contributed by atoms with Gasteiger partial charge in [-0.2, -0.15) is 0 Å². The van der Waals surface area contributed by atoms with E-state index in [4.69, 9.17) is 5.73 Å². The fourth-order valence-corrected chi connectivity index (χ4v) is 2.13. The second-order valence-corrected chi connectivity index (χ2v) is 5.07. The molecule has 2 aromatic carbocycles. The number of carbonyl (C=O) groups is 1. The van der Waals surface area contributed by atoms with Gasteiger partial charge in [0.2, 0.25) is 5.91 Å². The number of carbonyl (C=O) groups excluding carboxylic acids is 1. The Kier molecular flexibility index (Phi) is 4.53. The van der Waals surface area contributed by atoms with Crippen LogP contribution in [0.15, 0.2) is 42.5 Å². The van der Waals surface area contributed by atoms with Gasteiger partial charge in [0, 0.05) is 12.2 Å². The molecule has 0 atom stereocenters. The highest BCUT2D eigenvalue weighted by Gasteiger charge is 2.07. The standard InChI is InChI=1S/C17H20N2O/c1-12-4-3-5-14(8-12)10-17(20)19-16-9-15(11-18)7-6-13(16)2/h3-9H,10-11,18H2,1-2H3,(H,19,20). The normalized spacial score (nSPS) is 10.3. The molecule has 0 bridgehead atoms. The van der Waals surface area contributed by atoms with Crippen molar-refractivity contribution in [2.24, 2.45) is 5.73 Å². The van der Waals surface area contributed by atoms with Gasteiger partial charge in [0.1, 0.15) is 0 Å². The summed E-state index contributed by atoms with van der Waals surface area (Å²) in [5, 5.41) is 2.96. The van der Waals surface area contributed by atoms with E-state index in [-0.39, 0.29) is 5.91 Å². The molecule has 0 fully saturated rings. The van der Waals surface area contributed by atoms with Gasteiger partial charge < -0.3 is 11.1 Å². The molecule has 0 aliphatic carbocycles. The van der Waals surface area contributed by atoms with Crippen molar-refractivity contribution in [2.45, 2.75) is 26.8 Å². The highest BCUT2D eigenvalue weighted by Crippen LogP contribution is 2.17. The molecule has 3 nitrogen and oxygen atoms in total. The number of anilines is 1. The molecule has 3 N–H and O–H groups in total. The van der Waals surface area contributed by atoms with E-state index in [0.29, 0.717) is 13.0 Å². The molecule has 1 amide bonds. The van der Waals surface area contributed by atoms with Crippen molar-refractivity contribution < 1.29 is 4.79 Å². The Morgan fingerprint density at radius 2 is 1.90 bits per heavy atom. The molecule has 0 unspecified atom stereocenters. The second kappa shape index (κ2) is 6.35. The number of hydrogen-bond acceptors (Lipinski definition) is 2. The third-order valence-corrected chi connectivity index (χ3v) is 3.26. The Hall–Kier alpha value is -2.13. The Balaban J connectivity index is 2.08. The van der Waals surface area contributed by atoms with Crippen molar-refractivity contribution in [2.75, 3.05) is 5.32 Å². The van der Waals surface area contributed by atoms with Crippen molar-refractivity contribution in [3.05, 3.63) is 64.7 Å². The molecule has 104 valence electrons. The van der Waals surface area contributed by atoms with Gasteiger partial charge in [-0.25, -0.2) is 0 Å². The number of benzene rings is 2. The Morgan fingerprint density at radius 3 is 2.60 bits per heavy atom. The van der Waals surface area contributed by atoms with Crippen LogP contribution in [0, 0.1) is 13.8 Å². The van der Waals surface area contributed by atoms with E-state index < -0.39 is 0 Å². The summed E-state index contributed by atoms with van der Waals surface area (Å²) in [5.41, 5.74) is 10.7. The van der Waals surface area contributed by atoms with E-state index in [9.17, 15) is 4.79 Å². The van der Waals surface area contributed by atoms with Crippen LogP contribution < -0.4 is 11.1 Å². The Labute approximate surface area is 119 Å². The van der Waals surface area contributed by atoms with Crippen LogP contribution in [0.3, 0.4) is 0 Å². The number of amides is 1. The molecule has 0 spiro atoms. The van der Waals surface area contributed by atoms with Gasteiger partial charge in [0.05, 0.1) is 6.42 Å². The van der Waals surface area contributed by atoms with Crippen LogP contribution in [0.1, 0.15) is 22.3 Å². The lowest BCUT2D eigenvalue weighted by atomic mass is 10.1. The van der Waals surface area contributed by atoms with E-state index >= 15 is 0 Å². The lowest BCUT2D eigenvalue weighted by molar-refractivity contribution is -0.115. The lowest BCUT2D eigenvalue weighted by Crippen LogP contribution is -2.15. The molecule has 2 rings (SSSR count). The van der Waals surface area contributed by atoms with E-state index in [1.807, 2.05) is 56.3 Å². The molecule has 0 aliphatic heterocycles. The van der Waals surface area contributed by atoms with E-state index in [1.165, 1.54) is 0 Å². The van der Waals surface area contributed by atoms with Gasteiger partial charge in [-0.3, -0.25) is 4.79 Å². The molecule has 0 aromatic heterocycles. The first kappa shape index (κ1) is 14.3. The van der Waals surface area contributed by atoms with E-state index in [1.54, 1.807) is 0 Å². The summed E-state index contributed by atoms with van der Waals surface area (Å²) in [7, 11) is 0. The molecule has 20 heavy (non-hydrogen) atoms. The third kappa shape index (κ3) is 3.68. The van der Waals surface area contributed by atoms with Gasteiger partial charge in [-0.15, -0.1) is 0 Å². The summed E-state index contributed by atoms with van der Waals surface area (Å²) in [4.78, 5) is 12.1. The number of hydrogen-bond donors (Lipinski definition) is 2. The molecule has 0 saturated carbocycles. The van der Waals surface area contributed by atoms with Crippen molar-refractivity contribution in [3.63, 3.8) is 0 Å². The van der Waals surface area contributed by atoms with Gasteiger partial charge in [-0.05, 0) is 36.6 Å². The third-order valence-electron chi connectivity index (χ3n) is 3.26. The summed E-state index contributed by atoms with van der Waals surface area (Å²) in [6, 6.07) is 13.9. The average Bonchev–Trinajstić information content (AvgIpc) is 2.41. The minimum atomic E-state index is -0.00660. The first-order valence-electron chi connectivity index (χ1n) is 6.73. The molecule has 0 heterocycles. The molecular weight excluding hydrogens is 248 g/mol. The van der Waals surface area contributed by atoms with Gasteiger partial charge in [0.15, 0.2) is 0 Å². The fraction of sp³-hybridized carbons (Fsp3) is 0.235. The van der Waals surface area contributed by atoms with Crippen molar-refractivity contribution in [3.8, 4) is 0 Å². The van der Waals surface area contributed by atoms with Crippen molar-refractivity contribution in [1.82, 2.24) is 0 Å². The minimum absolute atomic E-state index is 0.00660. The number of nitrogens with one attached hydrogen (secondary N) is 1. The first-order chi connectivity index (χ1) is 9.58. The van der Waals surface area contributed by atoms with Crippen LogP contribution >= 0.6 is 0 Å². The largest absolute Gasteiger partial charge is 0.326 e. The van der Waals surface area contributed by atoms with Crippen LogP contribution in [-0.2, 0) is 17.8 Å². The quantitative estimate of drug-likeness (QED) is 0.895. The van der Waals surface area contributed by atoms with Crippen molar-refractivity contribution >= 4 is 11.6 Å². The molecule has 3 heteroatoms. The molecule has 0 saturated heterocycles. The lowest BCUT2D eigenvalue weighted by Gasteiger charge is -2.10. The SMILES string of the molecule is Cc1cccc(CC(=O)Nc2cc(CN)ccc2C)c1. The maximum Gasteiger partial charge on any atom is 0.228 e. The molecular formula is C17H20N2O. The van der Waals surface area contributed by atoms with Crippen LogP contribution in [0.4, 0.5) is 5.69 Å². The average molecular weight is 268 g/mol. The maximum absolute atomic E-state index is 12.1. The second-order valence-electron chi connectivity index (χ2n) is 5.07. The number of nitrogens with two attached hydrogens (primary N) is 1. The zero-order valence-corrected chi connectivity index (χ0v) is 11.9. The predicted octanol–water partition coefficient (Wildman–Crippen LogP) is 2.94. The monoisotopic (exact) mass is 268 g/mol.